The maximum atomic E-state index is 12.2. The molecule has 0 saturated carbocycles. The molecule has 0 atom stereocenters. The van der Waals surface area contributed by atoms with E-state index in [4.69, 9.17) is 11.6 Å². The van der Waals surface area contributed by atoms with Gasteiger partial charge in [-0.2, -0.15) is 0 Å². The summed E-state index contributed by atoms with van der Waals surface area (Å²) >= 11 is 7.32. The van der Waals surface area contributed by atoms with E-state index in [9.17, 15) is 14.4 Å². The number of urea groups is 1. The number of nitrogens with one attached hydrogen (secondary N) is 2. The van der Waals surface area contributed by atoms with Crippen LogP contribution in [0.1, 0.15) is 21.7 Å². The summed E-state index contributed by atoms with van der Waals surface area (Å²) in [6.07, 6.45) is 0.109. The van der Waals surface area contributed by atoms with Gasteiger partial charge in [0.15, 0.2) is 0 Å². The normalized spacial score (nSPS) is 10.2. The average Bonchev–Trinajstić information content (AvgIpc) is 3.06. The predicted octanol–water partition coefficient (Wildman–Crippen LogP) is 3.36. The number of anilines is 1. The highest BCUT2D eigenvalue weighted by Crippen LogP contribution is 2.22. The second kappa shape index (κ2) is 9.94. The van der Waals surface area contributed by atoms with Gasteiger partial charge < -0.3 is 20.3 Å². The molecule has 0 unspecified atom stereocenters. The van der Waals surface area contributed by atoms with Crippen LogP contribution in [-0.2, 0) is 16.1 Å². The molecule has 1 heterocycles. The van der Waals surface area contributed by atoms with Crippen LogP contribution in [0.3, 0.4) is 0 Å². The van der Waals surface area contributed by atoms with Crippen molar-refractivity contribution in [1.82, 2.24) is 10.2 Å². The fourth-order valence-corrected chi connectivity index (χ4v) is 3.29. The molecule has 3 amide bonds. The molecule has 0 saturated heterocycles. The Bertz CT molecular complexity index is 807. The maximum absolute atomic E-state index is 12.2. The number of ether oxygens (including phenoxy) is 1. The Morgan fingerprint density at radius 1 is 1.15 bits per heavy atom. The molecule has 1 aromatic heterocycles. The molecule has 0 fully saturated rings. The third-order valence-corrected chi connectivity index (χ3v) is 4.83. The number of halogens is 1. The zero-order chi connectivity index (χ0) is 19.8. The quantitative estimate of drug-likeness (QED) is 0.686. The van der Waals surface area contributed by atoms with Crippen LogP contribution in [0.15, 0.2) is 36.4 Å². The van der Waals surface area contributed by atoms with Crippen molar-refractivity contribution in [3.63, 3.8) is 0 Å². The van der Waals surface area contributed by atoms with E-state index in [1.807, 2.05) is 6.07 Å². The lowest BCUT2D eigenvalue weighted by Crippen LogP contribution is -2.30. The molecule has 2 rings (SSSR count). The van der Waals surface area contributed by atoms with Gasteiger partial charge in [-0.15, -0.1) is 11.3 Å². The van der Waals surface area contributed by atoms with Crippen LogP contribution in [0, 0.1) is 0 Å². The van der Waals surface area contributed by atoms with Crippen LogP contribution in [0.5, 0.6) is 0 Å². The second-order valence-electron chi connectivity index (χ2n) is 5.65. The van der Waals surface area contributed by atoms with Crippen LogP contribution >= 0.6 is 22.9 Å². The molecular weight excluding hydrogens is 390 g/mol. The van der Waals surface area contributed by atoms with Gasteiger partial charge in [0.05, 0.1) is 24.4 Å². The lowest BCUT2D eigenvalue weighted by atomic mass is 10.2. The summed E-state index contributed by atoms with van der Waals surface area (Å²) < 4.78 is 5.19. The molecule has 27 heavy (non-hydrogen) atoms. The van der Waals surface area contributed by atoms with E-state index < -0.39 is 0 Å². The van der Waals surface area contributed by atoms with Crippen molar-refractivity contribution in [1.29, 1.82) is 0 Å². The number of esters is 1. The minimum atomic E-state index is -0.387. The van der Waals surface area contributed by atoms with Crippen molar-refractivity contribution < 1.29 is 19.1 Å². The summed E-state index contributed by atoms with van der Waals surface area (Å²) in [5.41, 5.74) is 1.00. The topological polar surface area (TPSA) is 87.7 Å². The van der Waals surface area contributed by atoms with Crippen molar-refractivity contribution in [2.45, 2.75) is 13.0 Å². The number of hydrogen-bond donors (Lipinski definition) is 2. The monoisotopic (exact) mass is 409 g/mol. The van der Waals surface area contributed by atoms with Crippen LogP contribution in [0.25, 0.3) is 0 Å². The average molecular weight is 410 g/mol. The van der Waals surface area contributed by atoms with Crippen molar-refractivity contribution in [2.75, 3.05) is 26.0 Å². The van der Waals surface area contributed by atoms with Crippen molar-refractivity contribution >= 4 is 46.5 Å². The van der Waals surface area contributed by atoms with E-state index in [0.29, 0.717) is 22.1 Å². The summed E-state index contributed by atoms with van der Waals surface area (Å²) in [6, 6.07) is 9.89. The predicted molar refractivity (Wildman–Crippen MR) is 105 cm³/mol. The molecule has 0 aliphatic heterocycles. The number of carbonyl (C=O) groups is 3. The van der Waals surface area contributed by atoms with E-state index in [0.717, 1.165) is 4.88 Å². The Hall–Kier alpha value is -2.58. The fourth-order valence-electron chi connectivity index (χ4n) is 2.15. The molecule has 0 radical (unpaired) electrons. The number of hydrogen-bond acceptors (Lipinski definition) is 5. The van der Waals surface area contributed by atoms with Crippen molar-refractivity contribution in [3.8, 4) is 0 Å². The number of nitrogens with zero attached hydrogens (tertiary/aromatic N) is 1. The number of benzene rings is 1. The van der Waals surface area contributed by atoms with Crippen LogP contribution in [0.4, 0.5) is 10.5 Å². The van der Waals surface area contributed by atoms with Gasteiger partial charge in [0.2, 0.25) is 0 Å². The second-order valence-corrected chi connectivity index (χ2v) is 7.45. The maximum Gasteiger partial charge on any atom is 0.321 e. The van der Waals surface area contributed by atoms with E-state index in [2.05, 4.69) is 15.4 Å². The van der Waals surface area contributed by atoms with Gasteiger partial charge in [-0.05, 0) is 36.4 Å². The molecule has 0 aliphatic carbocycles. The Morgan fingerprint density at radius 3 is 2.44 bits per heavy atom. The third-order valence-electron chi connectivity index (χ3n) is 3.61. The Balaban J connectivity index is 1.84. The first-order valence-corrected chi connectivity index (χ1v) is 9.30. The Kier molecular flexibility index (Phi) is 7.63. The van der Waals surface area contributed by atoms with Crippen LogP contribution < -0.4 is 10.6 Å². The summed E-state index contributed by atoms with van der Waals surface area (Å²) in [4.78, 5) is 37.8. The number of thiophene rings is 1. The molecule has 2 aromatic rings. The minimum absolute atomic E-state index is 0.109. The van der Waals surface area contributed by atoms with Gasteiger partial charge in [-0.25, -0.2) is 4.79 Å². The third kappa shape index (κ3) is 6.58. The summed E-state index contributed by atoms with van der Waals surface area (Å²) in [6.45, 7) is 0.644. The molecule has 7 nitrogen and oxygen atoms in total. The van der Waals surface area contributed by atoms with Crippen LogP contribution in [0.2, 0.25) is 4.34 Å². The zero-order valence-electron chi connectivity index (χ0n) is 15.0. The SMILES string of the molecule is COC(=O)CCNC(=O)c1ccc(NC(=O)N(C)Cc2ccc(Cl)s2)cc1. The van der Waals surface area contributed by atoms with E-state index >= 15 is 0 Å². The molecule has 0 spiro atoms. The minimum Gasteiger partial charge on any atom is -0.469 e. The van der Waals surface area contributed by atoms with Gasteiger partial charge in [0, 0.05) is 29.7 Å². The smallest absolute Gasteiger partial charge is 0.321 e. The molecular formula is C18H20ClN3O4S. The van der Waals surface area contributed by atoms with E-state index in [1.54, 1.807) is 37.4 Å². The van der Waals surface area contributed by atoms with E-state index in [1.165, 1.54) is 23.3 Å². The zero-order valence-corrected chi connectivity index (χ0v) is 16.5. The summed E-state index contributed by atoms with van der Waals surface area (Å²) in [5.74, 6) is -0.689. The Labute approximate surface area is 166 Å². The van der Waals surface area contributed by atoms with E-state index in [-0.39, 0.29) is 30.9 Å². The number of amides is 3. The standard InChI is InChI=1S/C18H20ClN3O4S/c1-22(11-14-7-8-15(19)27-14)18(25)21-13-5-3-12(4-6-13)17(24)20-10-9-16(23)26-2/h3-8H,9-11H2,1-2H3,(H,20,24)(H,21,25). The number of rotatable bonds is 7. The first kappa shape index (κ1) is 20.7. The molecule has 144 valence electrons. The number of carbonyl (C=O) groups excluding carboxylic acids is 3. The highest BCUT2D eigenvalue weighted by atomic mass is 35.5. The highest BCUT2D eigenvalue weighted by Gasteiger charge is 2.12. The van der Waals surface area contributed by atoms with Crippen LogP contribution in [-0.4, -0.2) is 43.5 Å². The molecule has 9 heteroatoms. The van der Waals surface area contributed by atoms with Gasteiger partial charge in [0.25, 0.3) is 5.91 Å². The largest absolute Gasteiger partial charge is 0.469 e. The molecule has 1 aromatic carbocycles. The molecule has 0 bridgehead atoms. The first-order valence-electron chi connectivity index (χ1n) is 8.10. The van der Waals surface area contributed by atoms with Gasteiger partial charge in [0.1, 0.15) is 0 Å². The first-order chi connectivity index (χ1) is 12.9. The lowest BCUT2D eigenvalue weighted by molar-refractivity contribution is -0.140. The van der Waals surface area contributed by atoms with Crippen molar-refractivity contribution in [2.24, 2.45) is 0 Å². The van der Waals surface area contributed by atoms with Crippen molar-refractivity contribution in [3.05, 3.63) is 51.2 Å². The van der Waals surface area contributed by atoms with Gasteiger partial charge >= 0.3 is 12.0 Å². The highest BCUT2D eigenvalue weighted by molar-refractivity contribution is 7.16. The van der Waals surface area contributed by atoms with Gasteiger partial charge in [-0.3, -0.25) is 9.59 Å². The molecule has 2 N–H and O–H groups in total. The Morgan fingerprint density at radius 2 is 1.85 bits per heavy atom. The fraction of sp³-hybridized carbons (Fsp3) is 0.278. The number of methoxy groups -OCH3 is 1. The summed E-state index contributed by atoms with van der Waals surface area (Å²) in [5, 5.41) is 5.39. The molecule has 0 aliphatic rings. The van der Waals surface area contributed by atoms with Gasteiger partial charge in [-0.1, -0.05) is 11.6 Å². The summed E-state index contributed by atoms with van der Waals surface area (Å²) in [7, 11) is 2.98. The lowest BCUT2D eigenvalue weighted by Gasteiger charge is -2.17.